The van der Waals surface area contributed by atoms with Crippen LogP contribution >= 0.6 is 0 Å². The highest BCUT2D eigenvalue weighted by atomic mass is 16.5. The van der Waals surface area contributed by atoms with Crippen molar-refractivity contribution in [2.24, 2.45) is 0 Å². The fourth-order valence-corrected chi connectivity index (χ4v) is 1.61. The third-order valence-corrected chi connectivity index (χ3v) is 2.61. The average Bonchev–Trinajstić information content (AvgIpc) is 2.42. The van der Waals surface area contributed by atoms with Crippen molar-refractivity contribution in [3.63, 3.8) is 0 Å². The predicted molar refractivity (Wildman–Crippen MR) is 72.8 cm³/mol. The van der Waals surface area contributed by atoms with E-state index < -0.39 is 0 Å². The normalized spacial score (nSPS) is 10.2. The Bertz CT molecular complexity index is 320. The van der Waals surface area contributed by atoms with Gasteiger partial charge in [0.2, 0.25) is 5.75 Å². The van der Waals surface area contributed by atoms with E-state index in [0.29, 0.717) is 23.9 Å². The summed E-state index contributed by atoms with van der Waals surface area (Å²) in [7, 11) is 3.25. The van der Waals surface area contributed by atoms with Gasteiger partial charge in [0.15, 0.2) is 11.5 Å². The first-order chi connectivity index (χ1) is 8.83. The molecule has 0 radical (unpaired) electrons. The Hall–Kier alpha value is -1.42. The molecule has 0 saturated heterocycles. The van der Waals surface area contributed by atoms with Crippen LogP contribution in [0.4, 0.5) is 0 Å². The van der Waals surface area contributed by atoms with Crippen molar-refractivity contribution in [2.45, 2.75) is 19.8 Å². The number of unbranched alkanes of at least 4 members (excludes halogenated alkanes) is 1. The van der Waals surface area contributed by atoms with Gasteiger partial charge >= 0.3 is 0 Å². The molecule has 0 heterocycles. The van der Waals surface area contributed by atoms with E-state index in [4.69, 9.17) is 14.2 Å². The molecule has 4 nitrogen and oxygen atoms in total. The van der Waals surface area contributed by atoms with E-state index in [9.17, 15) is 0 Å². The number of nitrogens with one attached hydrogen (secondary N) is 1. The third-order valence-electron chi connectivity index (χ3n) is 2.61. The predicted octanol–water partition coefficient (Wildman–Crippen LogP) is 2.47. The molecule has 0 fully saturated rings. The first kappa shape index (κ1) is 14.6. The van der Waals surface area contributed by atoms with Gasteiger partial charge in [-0.3, -0.25) is 0 Å². The van der Waals surface area contributed by atoms with E-state index >= 15 is 0 Å². The molecule has 0 aliphatic carbocycles. The molecule has 0 aliphatic heterocycles. The van der Waals surface area contributed by atoms with Crippen molar-refractivity contribution in [3.8, 4) is 17.2 Å². The van der Waals surface area contributed by atoms with Gasteiger partial charge in [0.05, 0.1) is 14.2 Å². The van der Waals surface area contributed by atoms with Crippen LogP contribution in [0.2, 0.25) is 0 Å². The van der Waals surface area contributed by atoms with Crippen molar-refractivity contribution in [2.75, 3.05) is 33.9 Å². The van der Waals surface area contributed by atoms with Crippen LogP contribution in [0.25, 0.3) is 0 Å². The van der Waals surface area contributed by atoms with Gasteiger partial charge in [-0.2, -0.15) is 0 Å². The zero-order chi connectivity index (χ0) is 13.2. The van der Waals surface area contributed by atoms with Crippen LogP contribution in [-0.4, -0.2) is 33.9 Å². The van der Waals surface area contributed by atoms with E-state index in [1.165, 1.54) is 12.8 Å². The summed E-state index contributed by atoms with van der Waals surface area (Å²) in [6.45, 7) is 4.63. The molecule has 0 saturated carbocycles. The maximum Gasteiger partial charge on any atom is 0.203 e. The second-order valence-corrected chi connectivity index (χ2v) is 3.94. The van der Waals surface area contributed by atoms with E-state index in [2.05, 4.69) is 12.2 Å². The van der Waals surface area contributed by atoms with Crippen LogP contribution in [0.5, 0.6) is 17.2 Å². The average molecular weight is 253 g/mol. The maximum atomic E-state index is 5.72. The number of ether oxygens (including phenoxy) is 3. The minimum atomic E-state index is 0.598. The topological polar surface area (TPSA) is 39.7 Å². The van der Waals surface area contributed by atoms with Gasteiger partial charge in [-0.25, -0.2) is 0 Å². The minimum Gasteiger partial charge on any atom is -0.493 e. The standard InChI is InChI=1S/C14H23NO3/c1-4-5-9-15-10-11-18-14-12(16-2)7-6-8-13(14)17-3/h6-8,15H,4-5,9-11H2,1-3H3. The van der Waals surface area contributed by atoms with Crippen LogP contribution in [0.1, 0.15) is 19.8 Å². The molecule has 0 amide bonds. The van der Waals surface area contributed by atoms with E-state index in [1.807, 2.05) is 18.2 Å². The van der Waals surface area contributed by atoms with Crippen LogP contribution in [0.15, 0.2) is 18.2 Å². The highest BCUT2D eigenvalue weighted by Crippen LogP contribution is 2.36. The Labute approximate surface area is 109 Å². The summed E-state index contributed by atoms with van der Waals surface area (Å²) in [5.74, 6) is 2.06. The maximum absolute atomic E-state index is 5.72. The first-order valence-electron chi connectivity index (χ1n) is 6.38. The van der Waals surface area contributed by atoms with Crippen molar-refractivity contribution < 1.29 is 14.2 Å². The number of hydrogen-bond acceptors (Lipinski definition) is 4. The van der Waals surface area contributed by atoms with Crippen LogP contribution in [0.3, 0.4) is 0 Å². The summed E-state index contributed by atoms with van der Waals surface area (Å²) in [6.07, 6.45) is 2.40. The molecule has 1 aromatic rings. The lowest BCUT2D eigenvalue weighted by Gasteiger charge is -2.14. The van der Waals surface area contributed by atoms with E-state index in [-0.39, 0.29) is 0 Å². The molecule has 1 aromatic carbocycles. The van der Waals surface area contributed by atoms with Crippen LogP contribution in [-0.2, 0) is 0 Å². The summed E-state index contributed by atoms with van der Waals surface area (Å²) in [6, 6.07) is 5.61. The van der Waals surface area contributed by atoms with Gasteiger partial charge in [-0.05, 0) is 25.1 Å². The van der Waals surface area contributed by atoms with Gasteiger partial charge in [-0.15, -0.1) is 0 Å². The molecule has 1 N–H and O–H groups in total. The lowest BCUT2D eigenvalue weighted by atomic mass is 10.3. The Balaban J connectivity index is 2.45. The molecule has 1 rings (SSSR count). The lowest BCUT2D eigenvalue weighted by Crippen LogP contribution is -2.22. The molecular weight excluding hydrogens is 230 g/mol. The number of rotatable bonds is 9. The van der Waals surface area contributed by atoms with Crippen LogP contribution < -0.4 is 19.5 Å². The summed E-state index contributed by atoms with van der Waals surface area (Å²) in [4.78, 5) is 0. The summed E-state index contributed by atoms with van der Waals surface area (Å²) in [5.41, 5.74) is 0. The molecule has 0 atom stereocenters. The second-order valence-electron chi connectivity index (χ2n) is 3.94. The number of para-hydroxylation sites is 1. The third kappa shape index (κ3) is 4.45. The lowest BCUT2D eigenvalue weighted by molar-refractivity contribution is 0.273. The van der Waals surface area contributed by atoms with Gasteiger partial charge < -0.3 is 19.5 Å². The number of benzene rings is 1. The van der Waals surface area contributed by atoms with Gasteiger partial charge in [0.25, 0.3) is 0 Å². The summed E-state index contributed by atoms with van der Waals surface area (Å²) < 4.78 is 16.2. The quantitative estimate of drug-likeness (QED) is 0.686. The van der Waals surface area contributed by atoms with E-state index in [1.54, 1.807) is 14.2 Å². The molecule has 0 aromatic heterocycles. The van der Waals surface area contributed by atoms with Crippen molar-refractivity contribution in [1.29, 1.82) is 0 Å². The van der Waals surface area contributed by atoms with Gasteiger partial charge in [0, 0.05) is 6.54 Å². The Morgan fingerprint density at radius 1 is 1.06 bits per heavy atom. The molecule has 0 bridgehead atoms. The van der Waals surface area contributed by atoms with E-state index in [0.717, 1.165) is 13.1 Å². The second kappa shape index (κ2) is 8.64. The Morgan fingerprint density at radius 2 is 1.72 bits per heavy atom. The highest BCUT2D eigenvalue weighted by molar-refractivity contribution is 5.51. The Morgan fingerprint density at radius 3 is 2.28 bits per heavy atom. The largest absolute Gasteiger partial charge is 0.493 e. The molecule has 0 spiro atoms. The fraction of sp³-hybridized carbons (Fsp3) is 0.571. The molecule has 0 aliphatic rings. The van der Waals surface area contributed by atoms with Gasteiger partial charge in [0.1, 0.15) is 6.61 Å². The molecule has 18 heavy (non-hydrogen) atoms. The summed E-state index contributed by atoms with van der Waals surface area (Å²) >= 11 is 0. The Kier molecular flexibility index (Phi) is 7.03. The molecule has 0 unspecified atom stereocenters. The van der Waals surface area contributed by atoms with Crippen molar-refractivity contribution >= 4 is 0 Å². The molecule has 4 heteroatoms. The number of methoxy groups -OCH3 is 2. The first-order valence-corrected chi connectivity index (χ1v) is 6.38. The zero-order valence-electron chi connectivity index (χ0n) is 11.5. The zero-order valence-corrected chi connectivity index (χ0v) is 11.5. The van der Waals surface area contributed by atoms with Gasteiger partial charge in [-0.1, -0.05) is 19.4 Å². The molecule has 102 valence electrons. The SMILES string of the molecule is CCCCNCCOc1c(OC)cccc1OC. The van der Waals surface area contributed by atoms with Crippen LogP contribution in [0, 0.1) is 0 Å². The monoisotopic (exact) mass is 253 g/mol. The number of hydrogen-bond donors (Lipinski definition) is 1. The fourth-order valence-electron chi connectivity index (χ4n) is 1.61. The molecular formula is C14H23NO3. The smallest absolute Gasteiger partial charge is 0.203 e. The minimum absolute atomic E-state index is 0.598. The summed E-state index contributed by atoms with van der Waals surface area (Å²) in [5, 5.41) is 3.32. The van der Waals surface area contributed by atoms with Crippen molar-refractivity contribution in [3.05, 3.63) is 18.2 Å². The highest BCUT2D eigenvalue weighted by Gasteiger charge is 2.10. The van der Waals surface area contributed by atoms with Crippen molar-refractivity contribution in [1.82, 2.24) is 5.32 Å².